The Morgan fingerprint density at radius 3 is 2.57 bits per heavy atom. The first-order valence-corrected chi connectivity index (χ1v) is 7.78. The average Bonchev–Trinajstić information content (AvgIpc) is 2.56. The van der Waals surface area contributed by atoms with Crippen molar-refractivity contribution in [2.75, 3.05) is 0 Å². The summed E-state index contributed by atoms with van der Waals surface area (Å²) in [6.45, 7) is 2.27. The second-order valence-electron chi connectivity index (χ2n) is 5.87. The molecule has 2 aromatic heterocycles. The Morgan fingerprint density at radius 1 is 1.19 bits per heavy atom. The predicted octanol–water partition coefficient (Wildman–Crippen LogP) is 3.52. The van der Waals surface area contributed by atoms with Gasteiger partial charge in [0.2, 0.25) is 0 Å². The van der Waals surface area contributed by atoms with Crippen LogP contribution in [0.3, 0.4) is 0 Å². The van der Waals surface area contributed by atoms with Gasteiger partial charge in [0.15, 0.2) is 5.82 Å². The maximum Gasteiger partial charge on any atom is 0.259 e. The maximum atomic E-state index is 12.0. The second-order valence-corrected chi connectivity index (χ2v) is 5.87. The molecule has 0 spiro atoms. The van der Waals surface area contributed by atoms with Crippen LogP contribution in [-0.4, -0.2) is 15.0 Å². The van der Waals surface area contributed by atoms with Crippen LogP contribution < -0.4 is 5.56 Å². The van der Waals surface area contributed by atoms with Gasteiger partial charge in [0.1, 0.15) is 0 Å². The van der Waals surface area contributed by atoms with Crippen molar-refractivity contribution >= 4 is 0 Å². The molecule has 0 radical (unpaired) electrons. The Hall–Kier alpha value is -1.97. The monoisotopic (exact) mass is 283 g/mol. The zero-order chi connectivity index (χ0) is 14.7. The van der Waals surface area contributed by atoms with Crippen molar-refractivity contribution in [1.82, 2.24) is 15.0 Å². The highest BCUT2D eigenvalue weighted by Gasteiger charge is 2.22. The lowest BCUT2D eigenvalue weighted by molar-refractivity contribution is 0.318. The summed E-state index contributed by atoms with van der Waals surface area (Å²) in [7, 11) is 0. The molecule has 0 aromatic carbocycles. The molecular weight excluding hydrogens is 262 g/mol. The van der Waals surface area contributed by atoms with Crippen molar-refractivity contribution in [2.24, 2.45) is 5.92 Å². The van der Waals surface area contributed by atoms with Crippen LogP contribution in [0.15, 0.2) is 35.5 Å². The van der Waals surface area contributed by atoms with Crippen LogP contribution in [-0.2, 0) is 0 Å². The van der Waals surface area contributed by atoms with Gasteiger partial charge in [0, 0.05) is 18.6 Å². The Kier molecular flexibility index (Phi) is 4.13. The van der Waals surface area contributed by atoms with Gasteiger partial charge in [-0.05, 0) is 55.2 Å². The SMILES string of the molecule is CC[C@H]1CC[C@@H](c2c[nH]c(=O)c(-c3ncccn3)c2)CC1. The van der Waals surface area contributed by atoms with Crippen LogP contribution in [0.1, 0.15) is 50.5 Å². The third-order valence-corrected chi connectivity index (χ3v) is 4.63. The summed E-state index contributed by atoms with van der Waals surface area (Å²) in [5.74, 6) is 1.93. The van der Waals surface area contributed by atoms with Gasteiger partial charge < -0.3 is 4.98 Å². The molecule has 3 rings (SSSR count). The molecule has 1 aliphatic rings. The Labute approximate surface area is 124 Å². The van der Waals surface area contributed by atoms with Crippen molar-refractivity contribution in [1.29, 1.82) is 0 Å². The van der Waals surface area contributed by atoms with Gasteiger partial charge in [-0.2, -0.15) is 0 Å². The van der Waals surface area contributed by atoms with Crippen molar-refractivity contribution in [3.05, 3.63) is 46.6 Å². The summed E-state index contributed by atoms with van der Waals surface area (Å²) in [6.07, 6.45) is 11.5. The van der Waals surface area contributed by atoms with E-state index >= 15 is 0 Å². The molecule has 0 unspecified atom stereocenters. The van der Waals surface area contributed by atoms with Gasteiger partial charge in [-0.1, -0.05) is 13.3 Å². The molecule has 21 heavy (non-hydrogen) atoms. The lowest BCUT2D eigenvalue weighted by Gasteiger charge is -2.28. The minimum atomic E-state index is -0.118. The average molecular weight is 283 g/mol. The van der Waals surface area contributed by atoms with Crippen molar-refractivity contribution < 1.29 is 0 Å². The van der Waals surface area contributed by atoms with Crippen molar-refractivity contribution in [2.45, 2.75) is 44.9 Å². The number of pyridine rings is 1. The number of nitrogens with one attached hydrogen (secondary N) is 1. The lowest BCUT2D eigenvalue weighted by atomic mass is 9.78. The zero-order valence-electron chi connectivity index (χ0n) is 12.4. The van der Waals surface area contributed by atoms with E-state index in [2.05, 4.69) is 21.9 Å². The minimum Gasteiger partial charge on any atom is -0.328 e. The van der Waals surface area contributed by atoms with E-state index in [1.54, 1.807) is 18.5 Å². The largest absolute Gasteiger partial charge is 0.328 e. The van der Waals surface area contributed by atoms with Crippen molar-refractivity contribution in [3.63, 3.8) is 0 Å². The molecular formula is C17H21N3O. The summed E-state index contributed by atoms with van der Waals surface area (Å²) in [5.41, 5.74) is 1.67. The highest BCUT2D eigenvalue weighted by atomic mass is 16.1. The number of aromatic nitrogens is 3. The molecule has 4 heteroatoms. The van der Waals surface area contributed by atoms with E-state index in [1.807, 2.05) is 12.3 Å². The lowest BCUT2D eigenvalue weighted by Crippen LogP contribution is -2.16. The first-order valence-electron chi connectivity index (χ1n) is 7.78. The fraction of sp³-hybridized carbons (Fsp3) is 0.471. The fourth-order valence-corrected chi connectivity index (χ4v) is 3.24. The Bertz CT molecular complexity index is 643. The first-order chi connectivity index (χ1) is 10.3. The third kappa shape index (κ3) is 3.04. The number of aromatic amines is 1. The van der Waals surface area contributed by atoms with Crippen LogP contribution in [0.5, 0.6) is 0 Å². The number of rotatable bonds is 3. The van der Waals surface area contributed by atoms with E-state index in [0.717, 1.165) is 5.92 Å². The molecule has 0 amide bonds. The summed E-state index contributed by atoms with van der Waals surface area (Å²) in [5, 5.41) is 0. The zero-order valence-corrected chi connectivity index (χ0v) is 12.4. The van der Waals surface area contributed by atoms with Gasteiger partial charge >= 0.3 is 0 Å². The van der Waals surface area contributed by atoms with E-state index in [1.165, 1.54) is 37.7 Å². The minimum absolute atomic E-state index is 0.118. The van der Waals surface area contributed by atoms with Crippen molar-refractivity contribution in [3.8, 4) is 11.4 Å². The molecule has 2 heterocycles. The molecule has 2 aromatic rings. The summed E-state index contributed by atoms with van der Waals surface area (Å²) in [6, 6.07) is 3.73. The summed E-state index contributed by atoms with van der Waals surface area (Å²) in [4.78, 5) is 23.3. The van der Waals surface area contributed by atoms with Crippen LogP contribution in [0.4, 0.5) is 0 Å². The molecule has 0 saturated heterocycles. The van der Waals surface area contributed by atoms with E-state index in [0.29, 0.717) is 17.3 Å². The molecule has 110 valence electrons. The molecule has 1 aliphatic carbocycles. The van der Waals surface area contributed by atoms with Crippen LogP contribution in [0, 0.1) is 5.92 Å². The number of hydrogen-bond donors (Lipinski definition) is 1. The fourth-order valence-electron chi connectivity index (χ4n) is 3.24. The van der Waals surface area contributed by atoms with E-state index in [4.69, 9.17) is 0 Å². The van der Waals surface area contributed by atoms with Gasteiger partial charge in [-0.25, -0.2) is 9.97 Å². The predicted molar refractivity (Wildman–Crippen MR) is 83.1 cm³/mol. The highest BCUT2D eigenvalue weighted by molar-refractivity contribution is 5.54. The topological polar surface area (TPSA) is 58.6 Å². The first kappa shape index (κ1) is 14.0. The molecule has 0 atom stereocenters. The molecule has 1 N–H and O–H groups in total. The van der Waals surface area contributed by atoms with E-state index in [-0.39, 0.29) is 5.56 Å². The van der Waals surface area contributed by atoms with Crippen LogP contribution in [0.2, 0.25) is 0 Å². The van der Waals surface area contributed by atoms with Crippen LogP contribution >= 0.6 is 0 Å². The molecule has 0 bridgehead atoms. The van der Waals surface area contributed by atoms with Gasteiger partial charge in [0.25, 0.3) is 5.56 Å². The number of H-pyrrole nitrogens is 1. The normalized spacial score (nSPS) is 22.1. The van der Waals surface area contributed by atoms with Gasteiger partial charge in [-0.3, -0.25) is 4.79 Å². The van der Waals surface area contributed by atoms with Gasteiger partial charge in [0.05, 0.1) is 5.56 Å². The summed E-state index contributed by atoms with van der Waals surface area (Å²) >= 11 is 0. The third-order valence-electron chi connectivity index (χ3n) is 4.63. The molecule has 0 aliphatic heterocycles. The molecule has 1 saturated carbocycles. The number of nitrogens with zero attached hydrogens (tertiary/aromatic N) is 2. The highest BCUT2D eigenvalue weighted by Crippen LogP contribution is 2.36. The van der Waals surface area contributed by atoms with Crippen LogP contribution in [0.25, 0.3) is 11.4 Å². The number of hydrogen-bond acceptors (Lipinski definition) is 3. The molecule has 1 fully saturated rings. The summed E-state index contributed by atoms with van der Waals surface area (Å²) < 4.78 is 0. The standard InChI is InChI=1S/C17H21N3O/c1-2-12-4-6-13(7-5-12)14-10-15(17(21)20-11-14)16-18-8-3-9-19-16/h3,8-13H,2,4-7H2,1H3,(H,20,21)/t12-,13+. The smallest absolute Gasteiger partial charge is 0.259 e. The Morgan fingerprint density at radius 2 is 1.90 bits per heavy atom. The second kappa shape index (κ2) is 6.20. The quantitative estimate of drug-likeness (QED) is 0.937. The van der Waals surface area contributed by atoms with E-state index in [9.17, 15) is 4.79 Å². The van der Waals surface area contributed by atoms with E-state index < -0.39 is 0 Å². The molecule has 4 nitrogen and oxygen atoms in total. The van der Waals surface area contributed by atoms with Gasteiger partial charge in [-0.15, -0.1) is 0 Å². The Balaban J connectivity index is 1.87. The maximum absolute atomic E-state index is 12.0.